The number of benzene rings is 4. The molecule has 0 aliphatic heterocycles. The summed E-state index contributed by atoms with van der Waals surface area (Å²) >= 11 is 0. The maximum Gasteiger partial charge on any atom is 0.219 e. The van der Waals surface area contributed by atoms with Gasteiger partial charge in [0.15, 0.2) is 0 Å². The number of imidazole rings is 3. The van der Waals surface area contributed by atoms with Crippen LogP contribution in [-0.2, 0) is 57.9 Å². The summed E-state index contributed by atoms with van der Waals surface area (Å²) in [5.74, 6) is 3.48. The van der Waals surface area contributed by atoms with Crippen molar-refractivity contribution in [3.05, 3.63) is 139 Å². The molecule has 13 rings (SSSR count). The third-order valence-corrected chi connectivity index (χ3v) is 19.5. The Hall–Kier alpha value is -8.20. The minimum Gasteiger partial charge on any atom is -0.396 e. The smallest absolute Gasteiger partial charge is 0.219 e. The number of rotatable bonds is 31. The van der Waals surface area contributed by atoms with E-state index in [1.165, 1.54) is 98.9 Å². The van der Waals surface area contributed by atoms with Gasteiger partial charge in [-0.05, 0) is 115 Å². The highest BCUT2D eigenvalue weighted by molar-refractivity contribution is 6.04. The van der Waals surface area contributed by atoms with Gasteiger partial charge in [0.1, 0.15) is 34.0 Å². The van der Waals surface area contributed by atoms with E-state index in [0.717, 1.165) is 194 Å². The average Bonchev–Trinajstić information content (AvgIpc) is 1.65. The Labute approximate surface area is 585 Å². The Morgan fingerprint density at radius 1 is 0.495 bits per heavy atom. The SMILES string of the molecule is CCCCCn1c(CCOC)nc2cnc3ccccc3c21.CNCCCCNc1c(N)cnc2ccccc12.COCCc1nc2cnc3ccccc3c2n1CCCCN(C(C)=O)C1CCCCC1.COCCc1nc2cnc3ccccc3c2n1CCCCNC1CCCCC1. The van der Waals surface area contributed by atoms with Crippen molar-refractivity contribution in [2.75, 3.05) is 85.4 Å². The van der Waals surface area contributed by atoms with E-state index in [4.69, 9.17) is 34.9 Å². The molecule has 19 nitrogen and oxygen atoms in total. The van der Waals surface area contributed by atoms with Gasteiger partial charge in [-0.2, -0.15) is 0 Å². The largest absolute Gasteiger partial charge is 0.396 e. The van der Waals surface area contributed by atoms with Gasteiger partial charge in [-0.25, -0.2) is 15.0 Å². The Morgan fingerprint density at radius 2 is 0.899 bits per heavy atom. The first-order valence-electron chi connectivity index (χ1n) is 36.9. The van der Waals surface area contributed by atoms with Crippen LogP contribution >= 0.6 is 0 Å². The Bertz CT molecular complexity index is 4270. The molecule has 5 N–H and O–H groups in total. The summed E-state index contributed by atoms with van der Waals surface area (Å²) in [6.45, 7) is 12.8. The number of nitrogen functional groups attached to an aromatic ring is 1. The maximum atomic E-state index is 12.2. The van der Waals surface area contributed by atoms with Gasteiger partial charge >= 0.3 is 0 Å². The molecule has 99 heavy (non-hydrogen) atoms. The number of methoxy groups -OCH3 is 3. The second kappa shape index (κ2) is 39.0. The number of amides is 1. The molecule has 11 aromatic rings. The zero-order valence-electron chi connectivity index (χ0n) is 60.0. The van der Waals surface area contributed by atoms with E-state index < -0.39 is 0 Å². The predicted molar refractivity (Wildman–Crippen MR) is 407 cm³/mol. The van der Waals surface area contributed by atoms with Crippen LogP contribution in [0.15, 0.2) is 122 Å². The van der Waals surface area contributed by atoms with Gasteiger partial charge in [0.25, 0.3) is 0 Å². The number of para-hydroxylation sites is 4. The first-order chi connectivity index (χ1) is 48.7. The molecule has 1 amide bonds. The van der Waals surface area contributed by atoms with Crippen molar-refractivity contribution in [2.45, 2.75) is 187 Å². The quantitative estimate of drug-likeness (QED) is 0.0297. The molecule has 0 spiro atoms. The minimum atomic E-state index is 0.220. The number of carbonyl (C=O) groups is 1. The lowest BCUT2D eigenvalue weighted by Crippen LogP contribution is -2.40. The lowest BCUT2D eigenvalue weighted by atomic mass is 9.94. The number of anilines is 2. The molecular weight excluding hydrogens is 1230 g/mol. The second-order valence-corrected chi connectivity index (χ2v) is 26.6. The number of ether oxygens (including phenoxy) is 3. The van der Waals surface area contributed by atoms with Crippen LogP contribution in [0.1, 0.15) is 153 Å². The Morgan fingerprint density at radius 3 is 1.35 bits per heavy atom. The molecule has 2 aliphatic carbocycles. The van der Waals surface area contributed by atoms with Crippen molar-refractivity contribution in [1.82, 2.24) is 64.1 Å². The first-order valence-corrected chi connectivity index (χ1v) is 36.9. The Balaban J connectivity index is 0.000000146. The van der Waals surface area contributed by atoms with Crippen molar-refractivity contribution in [1.29, 1.82) is 0 Å². The molecule has 0 unspecified atom stereocenters. The first kappa shape index (κ1) is 73.5. The van der Waals surface area contributed by atoms with Gasteiger partial charge in [-0.3, -0.25) is 24.7 Å². The van der Waals surface area contributed by atoms with E-state index in [2.05, 4.69) is 122 Å². The summed E-state index contributed by atoms with van der Waals surface area (Å²) in [6.07, 6.45) is 33.2. The molecule has 0 radical (unpaired) electrons. The number of carbonyl (C=O) groups excluding carboxylic acids is 1. The van der Waals surface area contributed by atoms with Crippen LogP contribution in [-0.4, -0.2) is 146 Å². The van der Waals surface area contributed by atoms with E-state index in [1.54, 1.807) is 34.4 Å². The number of unbranched alkanes of at least 4 members (excludes halogenated alkanes) is 5. The highest BCUT2D eigenvalue weighted by Crippen LogP contribution is 2.31. The number of hydrogen-bond acceptors (Lipinski definition) is 15. The molecule has 2 aliphatic rings. The molecule has 0 saturated heterocycles. The molecule has 19 heteroatoms. The molecule has 2 saturated carbocycles. The second-order valence-electron chi connectivity index (χ2n) is 26.6. The third-order valence-electron chi connectivity index (χ3n) is 19.5. The summed E-state index contributed by atoms with van der Waals surface area (Å²) in [7, 11) is 7.19. The molecule has 7 heterocycles. The molecule has 2 fully saturated rings. The summed E-state index contributed by atoms with van der Waals surface area (Å²) in [4.78, 5) is 46.9. The minimum absolute atomic E-state index is 0.220. The van der Waals surface area contributed by atoms with Crippen LogP contribution in [0.3, 0.4) is 0 Å². The van der Waals surface area contributed by atoms with Crippen LogP contribution in [0.5, 0.6) is 0 Å². The number of hydrogen-bond donors (Lipinski definition) is 4. The van der Waals surface area contributed by atoms with Gasteiger partial charge in [-0.1, -0.05) is 131 Å². The van der Waals surface area contributed by atoms with E-state index in [1.807, 2.05) is 62.0 Å². The van der Waals surface area contributed by atoms with Crippen molar-refractivity contribution in [2.24, 2.45) is 0 Å². The van der Waals surface area contributed by atoms with Gasteiger partial charge < -0.3 is 54.5 Å². The fourth-order valence-corrected chi connectivity index (χ4v) is 14.4. The molecule has 0 bridgehead atoms. The standard InChI is InChI=1S/C25H34N4O2.C23H32N4O.C18H23N3O.C14H20N4/c1-19(30)28(20-10-4-3-5-11-20)15-8-9-16-29-24(14-17-31-2)27-23-18-26-22-13-7-6-12-21(22)25(23)29;1-28-16-13-22-26-21-17-25-20-12-6-5-11-19(20)23(21)27(22)15-8-7-14-24-18-9-3-2-4-10-18;1-3-4-7-11-21-17(10-12-22-2)20-16-13-19-15-9-6-5-8-14(15)18(16)21;1-16-8-4-5-9-17-14-11-6-2-3-7-13(11)18-10-12(14)15/h6-7,12-13,18,20H,3-5,8-11,14-17H2,1-2H3;5-6,11-12,17-18,24H,2-4,7-10,13-16H2,1H3;5-6,8-9,13H,3-4,7,10-12H2,1-2H3;2-3,6-7,10,16H,4-5,8-9,15H2,1H3,(H,17,18). The lowest BCUT2D eigenvalue weighted by Gasteiger charge is -2.33. The maximum absolute atomic E-state index is 12.2. The Kier molecular flexibility index (Phi) is 28.9. The van der Waals surface area contributed by atoms with E-state index in [-0.39, 0.29) is 5.91 Å². The topological polar surface area (TPSA) is 215 Å². The molecule has 528 valence electrons. The fraction of sp³-hybridized carbons (Fsp3) is 0.500. The predicted octanol–water partition coefficient (Wildman–Crippen LogP) is 15.4. The fourth-order valence-electron chi connectivity index (χ4n) is 14.4. The van der Waals surface area contributed by atoms with Crippen molar-refractivity contribution < 1.29 is 19.0 Å². The highest BCUT2D eigenvalue weighted by Gasteiger charge is 2.24. The third kappa shape index (κ3) is 19.8. The van der Waals surface area contributed by atoms with Crippen molar-refractivity contribution in [3.8, 4) is 0 Å². The van der Waals surface area contributed by atoms with Crippen LogP contribution < -0.4 is 21.7 Å². The van der Waals surface area contributed by atoms with Crippen molar-refractivity contribution in [3.63, 3.8) is 0 Å². The van der Waals surface area contributed by atoms with Crippen LogP contribution in [0.25, 0.3) is 76.7 Å². The average molecular weight is 1340 g/mol. The van der Waals surface area contributed by atoms with Crippen LogP contribution in [0.4, 0.5) is 11.4 Å². The van der Waals surface area contributed by atoms with Gasteiger partial charge in [0.2, 0.25) is 5.91 Å². The van der Waals surface area contributed by atoms with Gasteiger partial charge in [0, 0.05) is 114 Å². The lowest BCUT2D eigenvalue weighted by molar-refractivity contribution is -0.131. The van der Waals surface area contributed by atoms with E-state index >= 15 is 0 Å². The molecular formula is C80H109N15O4. The van der Waals surface area contributed by atoms with Gasteiger partial charge in [0.05, 0.1) is 94.6 Å². The van der Waals surface area contributed by atoms with Crippen molar-refractivity contribution >= 4 is 94.0 Å². The van der Waals surface area contributed by atoms with E-state index in [9.17, 15) is 4.79 Å². The zero-order chi connectivity index (χ0) is 69.0. The number of fused-ring (bicyclic) bond motifs is 10. The summed E-state index contributed by atoms with van der Waals surface area (Å²) in [5, 5.41) is 14.9. The summed E-state index contributed by atoms with van der Waals surface area (Å²) in [6, 6.07) is 34.2. The van der Waals surface area contributed by atoms with Crippen LogP contribution in [0.2, 0.25) is 0 Å². The molecule has 7 aromatic heterocycles. The van der Waals surface area contributed by atoms with E-state index in [0.29, 0.717) is 31.5 Å². The molecule has 0 atom stereocenters. The number of nitrogens with zero attached hydrogens (tertiary/aromatic N) is 11. The summed E-state index contributed by atoms with van der Waals surface area (Å²) in [5.41, 5.74) is 18.3. The monoisotopic (exact) mass is 1340 g/mol. The normalized spacial score (nSPS) is 13.6. The number of nitrogens with one attached hydrogen (secondary N) is 3. The number of pyridine rings is 4. The number of aromatic nitrogens is 10. The zero-order valence-corrected chi connectivity index (χ0v) is 60.0. The molecule has 4 aromatic carbocycles. The highest BCUT2D eigenvalue weighted by atomic mass is 16.5. The summed E-state index contributed by atoms with van der Waals surface area (Å²) < 4.78 is 23.0. The van der Waals surface area contributed by atoms with Gasteiger partial charge in [-0.15, -0.1) is 0 Å². The number of nitrogens with two attached hydrogens (primary N) is 1. The number of aryl methyl sites for hydroxylation is 3. The van der Waals surface area contributed by atoms with Crippen LogP contribution in [0, 0.1) is 0 Å².